The zero-order valence-electron chi connectivity index (χ0n) is 9.22. The van der Waals surface area contributed by atoms with Crippen LogP contribution >= 0.6 is 12.6 Å². The van der Waals surface area contributed by atoms with Crippen molar-refractivity contribution in [2.45, 2.75) is 50.8 Å². The number of aryl methyl sites for hydroxylation is 1. The zero-order valence-corrected chi connectivity index (χ0v) is 10.1. The Hall–Kier alpha value is -0.430. The maximum absolute atomic E-state index is 4.69. The molecule has 14 heavy (non-hydrogen) atoms. The van der Waals surface area contributed by atoms with E-state index < -0.39 is 0 Å². The van der Waals surface area contributed by atoms with Gasteiger partial charge >= 0.3 is 0 Å². The van der Waals surface area contributed by atoms with E-state index in [4.69, 9.17) is 0 Å². The first kappa shape index (κ1) is 10.1. The molecule has 1 aliphatic carbocycles. The van der Waals surface area contributed by atoms with Gasteiger partial charge in [-0.15, -0.1) is 12.6 Å². The summed E-state index contributed by atoms with van der Waals surface area (Å²) in [6.07, 6.45) is 3.80. The Kier molecular flexibility index (Phi) is 2.61. The lowest BCUT2D eigenvalue weighted by atomic mass is 9.94. The Morgan fingerprint density at radius 1 is 1.21 bits per heavy atom. The van der Waals surface area contributed by atoms with Gasteiger partial charge in [-0.05, 0) is 54.4 Å². The van der Waals surface area contributed by atoms with Gasteiger partial charge in [0.25, 0.3) is 0 Å². The third-order valence-corrected chi connectivity index (χ3v) is 3.78. The Bertz CT molecular complexity index is 364. The van der Waals surface area contributed by atoms with Crippen molar-refractivity contribution in [1.29, 1.82) is 0 Å². The molecule has 0 N–H and O–H groups in total. The van der Waals surface area contributed by atoms with E-state index >= 15 is 0 Å². The van der Waals surface area contributed by atoms with Gasteiger partial charge in [0.1, 0.15) is 0 Å². The van der Waals surface area contributed by atoms with Crippen molar-refractivity contribution in [3.8, 4) is 0 Å². The summed E-state index contributed by atoms with van der Waals surface area (Å²) in [5.74, 6) is 0.590. The highest BCUT2D eigenvalue weighted by atomic mass is 32.1. The van der Waals surface area contributed by atoms with Gasteiger partial charge in [-0.3, -0.25) is 0 Å². The fraction of sp³-hybridized carbons (Fsp3) is 0.538. The van der Waals surface area contributed by atoms with Crippen LogP contribution in [0.4, 0.5) is 0 Å². The highest BCUT2D eigenvalue weighted by Crippen LogP contribution is 2.35. The number of hydrogen-bond donors (Lipinski definition) is 1. The molecule has 0 amide bonds. The number of rotatable bonds is 1. The van der Waals surface area contributed by atoms with Crippen LogP contribution in [0.3, 0.4) is 0 Å². The summed E-state index contributed by atoms with van der Waals surface area (Å²) < 4.78 is 0. The average Bonchev–Trinajstić information content (AvgIpc) is 2.59. The van der Waals surface area contributed by atoms with Gasteiger partial charge in [0, 0.05) is 4.90 Å². The van der Waals surface area contributed by atoms with Crippen LogP contribution in [0.25, 0.3) is 0 Å². The third-order valence-electron chi connectivity index (χ3n) is 3.25. The van der Waals surface area contributed by atoms with Crippen LogP contribution in [0, 0.1) is 6.92 Å². The van der Waals surface area contributed by atoms with Crippen LogP contribution in [0.5, 0.6) is 0 Å². The molecule has 1 aromatic rings. The second-order valence-corrected chi connectivity index (χ2v) is 5.04. The van der Waals surface area contributed by atoms with Crippen LogP contribution in [0.15, 0.2) is 11.0 Å². The minimum absolute atomic E-state index is 0.590. The monoisotopic (exact) mass is 206 g/mol. The molecule has 0 bridgehead atoms. The fourth-order valence-electron chi connectivity index (χ4n) is 2.44. The van der Waals surface area contributed by atoms with Crippen molar-refractivity contribution in [1.82, 2.24) is 0 Å². The summed E-state index contributed by atoms with van der Waals surface area (Å²) in [6, 6.07) is 2.33. The topological polar surface area (TPSA) is 0 Å². The molecule has 0 aromatic heterocycles. The van der Waals surface area contributed by atoms with E-state index in [1.54, 1.807) is 5.56 Å². The highest BCUT2D eigenvalue weighted by molar-refractivity contribution is 7.80. The average molecular weight is 206 g/mol. The number of benzene rings is 1. The predicted molar refractivity (Wildman–Crippen MR) is 64.5 cm³/mol. The summed E-state index contributed by atoms with van der Waals surface area (Å²) in [4.78, 5) is 1.26. The van der Waals surface area contributed by atoms with Crippen molar-refractivity contribution in [3.63, 3.8) is 0 Å². The van der Waals surface area contributed by atoms with Gasteiger partial charge in [0.15, 0.2) is 0 Å². The summed E-state index contributed by atoms with van der Waals surface area (Å²) in [5, 5.41) is 0. The normalized spacial score (nSPS) is 14.9. The molecule has 0 saturated carbocycles. The first-order valence-corrected chi connectivity index (χ1v) is 5.90. The van der Waals surface area contributed by atoms with E-state index in [-0.39, 0.29) is 0 Å². The predicted octanol–water partition coefficient (Wildman–Crippen LogP) is 3.90. The molecule has 0 spiro atoms. The van der Waals surface area contributed by atoms with Crippen LogP contribution in [0.2, 0.25) is 0 Å². The Labute approximate surface area is 92.1 Å². The fourth-order valence-corrected chi connectivity index (χ4v) is 3.01. The van der Waals surface area contributed by atoms with Crippen LogP contribution in [-0.4, -0.2) is 0 Å². The summed E-state index contributed by atoms with van der Waals surface area (Å²) in [5.41, 5.74) is 5.99. The van der Waals surface area contributed by atoms with E-state index in [1.807, 2.05) is 0 Å². The molecule has 1 aromatic carbocycles. The molecule has 0 atom stereocenters. The third kappa shape index (κ3) is 1.48. The number of fused-ring (bicyclic) bond motifs is 1. The summed E-state index contributed by atoms with van der Waals surface area (Å²) >= 11 is 4.69. The van der Waals surface area contributed by atoms with Gasteiger partial charge in [-0.1, -0.05) is 19.9 Å². The maximum atomic E-state index is 4.69. The molecule has 0 nitrogen and oxygen atoms in total. The Morgan fingerprint density at radius 3 is 2.50 bits per heavy atom. The molecule has 1 heteroatoms. The molecule has 0 radical (unpaired) electrons. The van der Waals surface area contributed by atoms with Crippen molar-refractivity contribution in [2.75, 3.05) is 0 Å². The molecular formula is C13H18S. The van der Waals surface area contributed by atoms with Gasteiger partial charge < -0.3 is 0 Å². The van der Waals surface area contributed by atoms with Crippen LogP contribution in [0.1, 0.15) is 48.4 Å². The molecule has 0 aliphatic heterocycles. The second kappa shape index (κ2) is 3.62. The highest BCUT2D eigenvalue weighted by Gasteiger charge is 2.19. The van der Waals surface area contributed by atoms with Crippen molar-refractivity contribution < 1.29 is 0 Å². The standard InChI is InChI=1S/C13H18S/c1-8(2)12-7-9(3)10-5-4-6-11(10)13(12)14/h7-8,14H,4-6H2,1-3H3. The van der Waals surface area contributed by atoms with Crippen LogP contribution in [-0.2, 0) is 12.8 Å². The van der Waals surface area contributed by atoms with Gasteiger partial charge in [-0.2, -0.15) is 0 Å². The lowest BCUT2D eigenvalue weighted by Gasteiger charge is -2.15. The van der Waals surface area contributed by atoms with E-state index in [0.29, 0.717) is 5.92 Å². The first-order valence-electron chi connectivity index (χ1n) is 5.45. The van der Waals surface area contributed by atoms with Crippen molar-refractivity contribution in [3.05, 3.63) is 28.3 Å². The number of hydrogen-bond acceptors (Lipinski definition) is 1. The van der Waals surface area contributed by atoms with Crippen molar-refractivity contribution in [2.24, 2.45) is 0 Å². The molecule has 0 unspecified atom stereocenters. The lowest BCUT2D eigenvalue weighted by molar-refractivity contribution is 0.830. The molecule has 76 valence electrons. The van der Waals surface area contributed by atoms with Gasteiger partial charge in [0.05, 0.1) is 0 Å². The van der Waals surface area contributed by atoms with E-state index in [0.717, 1.165) is 0 Å². The minimum atomic E-state index is 0.590. The van der Waals surface area contributed by atoms with E-state index in [9.17, 15) is 0 Å². The quantitative estimate of drug-likeness (QED) is 0.662. The maximum Gasteiger partial charge on any atom is 0.0110 e. The second-order valence-electron chi connectivity index (χ2n) is 4.60. The Balaban J connectivity index is 2.62. The minimum Gasteiger partial charge on any atom is -0.143 e. The van der Waals surface area contributed by atoms with E-state index in [2.05, 4.69) is 39.5 Å². The summed E-state index contributed by atoms with van der Waals surface area (Å²) in [7, 11) is 0. The molecule has 0 heterocycles. The smallest absolute Gasteiger partial charge is 0.0110 e. The first-order chi connectivity index (χ1) is 6.61. The SMILES string of the molecule is Cc1cc(C(C)C)c(S)c2c1CCC2. The summed E-state index contributed by atoms with van der Waals surface area (Å²) in [6.45, 7) is 6.73. The van der Waals surface area contributed by atoms with Gasteiger partial charge in [-0.25, -0.2) is 0 Å². The number of thiol groups is 1. The van der Waals surface area contributed by atoms with E-state index in [1.165, 1.54) is 40.8 Å². The van der Waals surface area contributed by atoms with Gasteiger partial charge in [0.2, 0.25) is 0 Å². The van der Waals surface area contributed by atoms with Crippen LogP contribution < -0.4 is 0 Å². The van der Waals surface area contributed by atoms with Crippen molar-refractivity contribution >= 4 is 12.6 Å². The molecule has 1 aliphatic rings. The molecule has 0 saturated heterocycles. The molecular weight excluding hydrogens is 188 g/mol. The molecule has 2 rings (SSSR count). The largest absolute Gasteiger partial charge is 0.143 e. The Morgan fingerprint density at radius 2 is 1.86 bits per heavy atom. The lowest BCUT2D eigenvalue weighted by Crippen LogP contribution is -1.97. The molecule has 0 fully saturated rings. The zero-order chi connectivity index (χ0) is 10.3.